The van der Waals surface area contributed by atoms with Gasteiger partial charge in [0.25, 0.3) is 0 Å². The zero-order valence-electron chi connectivity index (χ0n) is 16.1. The maximum atomic E-state index is 13.1. The molecule has 8 heteroatoms. The van der Waals surface area contributed by atoms with E-state index in [4.69, 9.17) is 5.73 Å². The van der Waals surface area contributed by atoms with Crippen LogP contribution in [0, 0.1) is 5.82 Å². The van der Waals surface area contributed by atoms with Gasteiger partial charge >= 0.3 is 0 Å². The van der Waals surface area contributed by atoms with Crippen molar-refractivity contribution < 1.29 is 4.39 Å². The highest BCUT2D eigenvalue weighted by Gasteiger charge is 2.18. The minimum atomic E-state index is -0.202. The Bertz CT molecular complexity index is 760. The van der Waals surface area contributed by atoms with Crippen LogP contribution in [0.15, 0.2) is 47.6 Å². The van der Waals surface area contributed by atoms with E-state index in [9.17, 15) is 4.39 Å². The predicted octanol–water partition coefficient (Wildman–Crippen LogP) is 2.98. The second kappa shape index (κ2) is 11.0. The zero-order valence-corrected chi connectivity index (χ0v) is 18.5. The number of hydrogen-bond acceptors (Lipinski definition) is 4. The largest absolute Gasteiger partial charge is 0.370 e. The molecule has 1 fully saturated rings. The second-order valence-electron chi connectivity index (χ2n) is 6.60. The summed E-state index contributed by atoms with van der Waals surface area (Å²) in [6.07, 6.45) is 2.84. The molecule has 0 amide bonds. The topological polar surface area (TPSA) is 69.8 Å². The molecule has 152 valence electrons. The van der Waals surface area contributed by atoms with Gasteiger partial charge in [0, 0.05) is 44.6 Å². The number of rotatable bonds is 6. The van der Waals surface area contributed by atoms with Crippen molar-refractivity contribution in [2.75, 3.05) is 42.5 Å². The number of aliphatic imine (C=N–C) groups is 1. The maximum Gasteiger partial charge on any atom is 0.188 e. The van der Waals surface area contributed by atoms with E-state index < -0.39 is 0 Å². The average molecular weight is 498 g/mol. The number of halogens is 2. The molecule has 0 spiro atoms. The van der Waals surface area contributed by atoms with Gasteiger partial charge in [-0.15, -0.1) is 24.0 Å². The smallest absolute Gasteiger partial charge is 0.188 e. The van der Waals surface area contributed by atoms with Crippen LogP contribution in [0.3, 0.4) is 0 Å². The Balaban J connectivity index is 0.00000280. The predicted molar refractivity (Wildman–Crippen MR) is 124 cm³/mol. The Labute approximate surface area is 183 Å². The van der Waals surface area contributed by atoms with Gasteiger partial charge in [-0.25, -0.2) is 14.4 Å². The van der Waals surface area contributed by atoms with E-state index in [1.165, 1.54) is 12.1 Å². The summed E-state index contributed by atoms with van der Waals surface area (Å²) in [7, 11) is 0. The molecule has 0 unspecified atom stereocenters. The molecule has 28 heavy (non-hydrogen) atoms. The molecule has 0 radical (unpaired) electrons. The van der Waals surface area contributed by atoms with Crippen molar-refractivity contribution in [1.29, 1.82) is 0 Å². The lowest BCUT2D eigenvalue weighted by Crippen LogP contribution is -2.46. The summed E-state index contributed by atoms with van der Waals surface area (Å²) in [5.74, 6) is 1.23. The quantitative estimate of drug-likeness (QED) is 0.364. The van der Waals surface area contributed by atoms with E-state index in [-0.39, 0.29) is 29.8 Å². The van der Waals surface area contributed by atoms with Gasteiger partial charge < -0.3 is 20.9 Å². The van der Waals surface area contributed by atoms with Crippen molar-refractivity contribution in [1.82, 2.24) is 10.3 Å². The van der Waals surface area contributed by atoms with Crippen molar-refractivity contribution in [3.05, 3.63) is 54.0 Å². The van der Waals surface area contributed by atoms with Gasteiger partial charge in [0.05, 0.1) is 6.54 Å². The monoisotopic (exact) mass is 498 g/mol. The minimum absolute atomic E-state index is 0. The number of benzene rings is 1. The van der Waals surface area contributed by atoms with Crippen LogP contribution in [0.25, 0.3) is 0 Å². The van der Waals surface area contributed by atoms with E-state index in [1.54, 1.807) is 0 Å². The molecule has 3 rings (SSSR count). The zero-order chi connectivity index (χ0) is 19.1. The van der Waals surface area contributed by atoms with Gasteiger partial charge in [-0.2, -0.15) is 0 Å². The van der Waals surface area contributed by atoms with Gasteiger partial charge in [-0.3, -0.25) is 0 Å². The van der Waals surface area contributed by atoms with Crippen LogP contribution in [-0.4, -0.2) is 43.7 Å². The third kappa shape index (κ3) is 6.22. The molecule has 0 aliphatic carbocycles. The van der Waals surface area contributed by atoms with Gasteiger partial charge in [0.1, 0.15) is 11.6 Å². The molecule has 3 N–H and O–H groups in total. The van der Waals surface area contributed by atoms with Crippen LogP contribution < -0.4 is 20.9 Å². The summed E-state index contributed by atoms with van der Waals surface area (Å²) in [6, 6.07) is 10.7. The maximum absolute atomic E-state index is 13.1. The number of aromatic nitrogens is 1. The highest BCUT2D eigenvalue weighted by Crippen LogP contribution is 2.20. The number of guanidine groups is 1. The molecule has 2 aromatic rings. The molecule has 2 heterocycles. The molecule has 1 saturated heterocycles. The van der Waals surface area contributed by atoms with Crippen molar-refractivity contribution >= 4 is 41.4 Å². The number of pyridine rings is 1. The molecule has 1 aromatic carbocycles. The fourth-order valence-electron chi connectivity index (χ4n) is 3.06. The van der Waals surface area contributed by atoms with Crippen molar-refractivity contribution in [3.63, 3.8) is 0 Å². The van der Waals surface area contributed by atoms with E-state index in [0.29, 0.717) is 12.5 Å². The van der Waals surface area contributed by atoms with Crippen LogP contribution >= 0.6 is 24.0 Å². The third-order valence-corrected chi connectivity index (χ3v) is 4.59. The number of anilines is 2. The molecule has 0 bridgehead atoms. The number of nitrogens with one attached hydrogen (secondary N) is 1. The Kier molecular flexibility index (Phi) is 8.75. The Hall–Kier alpha value is -2.10. The van der Waals surface area contributed by atoms with Gasteiger partial charge in [0.15, 0.2) is 5.96 Å². The number of nitrogens with two attached hydrogens (primary N) is 1. The van der Waals surface area contributed by atoms with Crippen LogP contribution in [0.2, 0.25) is 0 Å². The first-order chi connectivity index (χ1) is 13.2. The summed E-state index contributed by atoms with van der Waals surface area (Å²) >= 11 is 0. The summed E-state index contributed by atoms with van der Waals surface area (Å²) in [6.45, 7) is 6.95. The molecule has 0 saturated carbocycles. The SMILES string of the molecule is CCCNC(N)=NCc1ccnc(N2CCN(c3ccc(F)cc3)CC2)c1.I. The lowest BCUT2D eigenvalue weighted by molar-refractivity contribution is 0.624. The highest BCUT2D eigenvalue weighted by atomic mass is 127. The molecule has 1 aliphatic rings. The third-order valence-electron chi connectivity index (χ3n) is 4.59. The van der Waals surface area contributed by atoms with E-state index in [0.717, 1.165) is 56.2 Å². The molecular formula is C20H28FIN6. The number of hydrogen-bond donors (Lipinski definition) is 2. The van der Waals surface area contributed by atoms with E-state index >= 15 is 0 Å². The second-order valence-corrected chi connectivity index (χ2v) is 6.60. The molecule has 6 nitrogen and oxygen atoms in total. The van der Waals surface area contributed by atoms with Crippen molar-refractivity contribution in [2.45, 2.75) is 19.9 Å². The van der Waals surface area contributed by atoms with Crippen molar-refractivity contribution in [2.24, 2.45) is 10.7 Å². The molecular weight excluding hydrogens is 470 g/mol. The summed E-state index contributed by atoms with van der Waals surface area (Å²) in [5.41, 5.74) is 8.00. The van der Waals surface area contributed by atoms with Crippen molar-refractivity contribution in [3.8, 4) is 0 Å². The molecule has 1 aliphatic heterocycles. The summed E-state index contributed by atoms with van der Waals surface area (Å²) in [4.78, 5) is 13.4. The van der Waals surface area contributed by atoms with E-state index in [1.807, 2.05) is 24.4 Å². The van der Waals surface area contributed by atoms with Crippen LogP contribution in [0.4, 0.5) is 15.9 Å². The van der Waals surface area contributed by atoms with E-state index in [2.05, 4.69) is 38.1 Å². The number of piperazine rings is 1. The van der Waals surface area contributed by atoms with Crippen LogP contribution in [-0.2, 0) is 6.54 Å². The van der Waals surface area contributed by atoms with Crippen LogP contribution in [0.1, 0.15) is 18.9 Å². The normalized spacial score (nSPS) is 14.6. The fourth-order valence-corrected chi connectivity index (χ4v) is 3.06. The van der Waals surface area contributed by atoms with Gasteiger partial charge in [-0.05, 0) is 48.4 Å². The minimum Gasteiger partial charge on any atom is -0.370 e. The summed E-state index contributed by atoms with van der Waals surface area (Å²) < 4.78 is 13.1. The molecule has 1 aromatic heterocycles. The lowest BCUT2D eigenvalue weighted by Gasteiger charge is -2.36. The average Bonchev–Trinajstić information content (AvgIpc) is 2.71. The fraction of sp³-hybridized carbons (Fsp3) is 0.400. The lowest BCUT2D eigenvalue weighted by atomic mass is 10.2. The Morgan fingerprint density at radius 3 is 2.50 bits per heavy atom. The van der Waals surface area contributed by atoms with Crippen LogP contribution in [0.5, 0.6) is 0 Å². The first-order valence-corrected chi connectivity index (χ1v) is 9.40. The Morgan fingerprint density at radius 1 is 1.14 bits per heavy atom. The van der Waals surface area contributed by atoms with Gasteiger partial charge in [0.2, 0.25) is 0 Å². The Morgan fingerprint density at radius 2 is 1.82 bits per heavy atom. The summed E-state index contributed by atoms with van der Waals surface area (Å²) in [5, 5.41) is 3.08. The first kappa shape index (κ1) is 22.2. The highest BCUT2D eigenvalue weighted by molar-refractivity contribution is 14.0. The molecule has 0 atom stereocenters. The first-order valence-electron chi connectivity index (χ1n) is 9.40. The number of nitrogens with zero attached hydrogens (tertiary/aromatic N) is 4. The van der Waals surface area contributed by atoms with Gasteiger partial charge in [-0.1, -0.05) is 6.92 Å². The standard InChI is InChI=1S/C20H27FN6.HI/c1-2-8-24-20(22)25-15-16-7-9-23-19(14-16)27-12-10-26(11-13-27)18-5-3-17(21)4-6-18;/h3-7,9,14H,2,8,10-13,15H2,1H3,(H3,22,24,25);1H.